The van der Waals surface area contributed by atoms with Crippen LogP contribution >= 0.6 is 11.8 Å². The normalized spacial score (nSPS) is 11.8. The van der Waals surface area contributed by atoms with Gasteiger partial charge in [0.15, 0.2) is 12.4 Å². The van der Waals surface area contributed by atoms with Crippen LogP contribution in [0, 0.1) is 16.7 Å². The van der Waals surface area contributed by atoms with Crippen molar-refractivity contribution in [2.24, 2.45) is 5.41 Å². The highest BCUT2D eigenvalue weighted by Crippen LogP contribution is 2.28. The number of carbonyl (C=O) groups is 3. The SMILES string of the molecule is C[C@H](Sc1ccccc1C(=O)OCC(=O)C(C)(C)C)C(=O)Nc1cccc(C#N)c1. The molecule has 1 N–H and O–H groups in total. The monoisotopic (exact) mass is 424 g/mol. The van der Waals surface area contributed by atoms with Crippen LogP contribution in [0.3, 0.4) is 0 Å². The van der Waals surface area contributed by atoms with E-state index in [1.807, 2.05) is 6.07 Å². The number of nitrogens with one attached hydrogen (secondary N) is 1. The summed E-state index contributed by atoms with van der Waals surface area (Å²) < 4.78 is 5.19. The van der Waals surface area contributed by atoms with Crippen LogP contribution in [-0.4, -0.2) is 29.5 Å². The molecule has 0 spiro atoms. The Hall–Kier alpha value is -3.11. The van der Waals surface area contributed by atoms with Gasteiger partial charge in [-0.25, -0.2) is 4.79 Å². The number of hydrogen-bond donors (Lipinski definition) is 1. The molecular weight excluding hydrogens is 400 g/mol. The molecule has 2 aromatic carbocycles. The number of amides is 1. The van der Waals surface area contributed by atoms with Gasteiger partial charge in [0.25, 0.3) is 0 Å². The van der Waals surface area contributed by atoms with Crippen molar-refractivity contribution >= 4 is 35.1 Å². The predicted molar refractivity (Wildman–Crippen MR) is 116 cm³/mol. The molecule has 0 aliphatic carbocycles. The Morgan fingerprint density at radius 2 is 1.83 bits per heavy atom. The van der Waals surface area contributed by atoms with E-state index >= 15 is 0 Å². The highest BCUT2D eigenvalue weighted by atomic mass is 32.2. The lowest BCUT2D eigenvalue weighted by atomic mass is 9.91. The van der Waals surface area contributed by atoms with Crippen LogP contribution in [0.25, 0.3) is 0 Å². The van der Waals surface area contributed by atoms with Gasteiger partial charge in [-0.05, 0) is 37.3 Å². The van der Waals surface area contributed by atoms with Gasteiger partial charge in [-0.1, -0.05) is 39.0 Å². The minimum absolute atomic E-state index is 0.173. The number of Topliss-reactive ketones (excluding diaryl/α,β-unsaturated/α-hetero) is 1. The van der Waals surface area contributed by atoms with Crippen molar-refractivity contribution in [3.63, 3.8) is 0 Å². The lowest BCUT2D eigenvalue weighted by Crippen LogP contribution is -2.26. The van der Waals surface area contributed by atoms with E-state index in [2.05, 4.69) is 5.32 Å². The Bertz CT molecular complexity index is 989. The molecule has 0 saturated heterocycles. The molecule has 1 amide bonds. The van der Waals surface area contributed by atoms with Crippen LogP contribution in [0.4, 0.5) is 5.69 Å². The topological polar surface area (TPSA) is 96.3 Å². The maximum atomic E-state index is 12.5. The van der Waals surface area contributed by atoms with Crippen LogP contribution in [0.1, 0.15) is 43.6 Å². The molecule has 0 heterocycles. The van der Waals surface area contributed by atoms with E-state index in [0.717, 1.165) is 0 Å². The van der Waals surface area contributed by atoms with Gasteiger partial charge >= 0.3 is 5.97 Å². The zero-order valence-electron chi connectivity index (χ0n) is 17.4. The Morgan fingerprint density at radius 3 is 2.50 bits per heavy atom. The summed E-state index contributed by atoms with van der Waals surface area (Å²) >= 11 is 1.21. The van der Waals surface area contributed by atoms with Crippen LogP contribution in [0.5, 0.6) is 0 Å². The van der Waals surface area contributed by atoms with Gasteiger partial charge in [-0.2, -0.15) is 5.26 Å². The molecule has 0 aliphatic rings. The number of esters is 1. The summed E-state index contributed by atoms with van der Waals surface area (Å²) in [5.74, 6) is -1.04. The maximum Gasteiger partial charge on any atom is 0.339 e. The van der Waals surface area contributed by atoms with Gasteiger partial charge in [0.1, 0.15) is 0 Å². The summed E-state index contributed by atoms with van der Waals surface area (Å²) in [6.07, 6.45) is 0. The lowest BCUT2D eigenvalue weighted by molar-refractivity contribution is -0.129. The molecule has 0 aromatic heterocycles. The molecule has 0 unspecified atom stereocenters. The molecule has 0 bridgehead atoms. The first-order valence-corrected chi connectivity index (χ1v) is 10.3. The minimum Gasteiger partial charge on any atom is -0.454 e. The highest BCUT2D eigenvalue weighted by Gasteiger charge is 2.24. The first kappa shape index (κ1) is 23.2. The Labute approximate surface area is 180 Å². The quantitative estimate of drug-likeness (QED) is 0.521. The lowest BCUT2D eigenvalue weighted by Gasteiger charge is -2.17. The average Bonchev–Trinajstić information content (AvgIpc) is 2.71. The molecule has 30 heavy (non-hydrogen) atoms. The smallest absolute Gasteiger partial charge is 0.339 e. The molecule has 156 valence electrons. The summed E-state index contributed by atoms with van der Waals surface area (Å²) in [6.45, 7) is 6.71. The molecule has 0 fully saturated rings. The van der Waals surface area contributed by atoms with Crippen molar-refractivity contribution in [2.75, 3.05) is 11.9 Å². The molecule has 1 atom stereocenters. The number of rotatable bonds is 7. The van der Waals surface area contributed by atoms with Gasteiger partial charge in [-0.3, -0.25) is 9.59 Å². The number of hydrogen-bond acceptors (Lipinski definition) is 6. The van der Waals surface area contributed by atoms with Crippen molar-refractivity contribution in [3.8, 4) is 6.07 Å². The molecule has 2 rings (SSSR count). The van der Waals surface area contributed by atoms with Gasteiger partial charge in [0.2, 0.25) is 5.91 Å². The molecule has 7 heteroatoms. The molecule has 6 nitrogen and oxygen atoms in total. The number of thioether (sulfide) groups is 1. The van der Waals surface area contributed by atoms with Crippen LogP contribution < -0.4 is 5.32 Å². The third-order valence-electron chi connectivity index (χ3n) is 4.21. The zero-order chi connectivity index (χ0) is 22.3. The second kappa shape index (κ2) is 10.1. The fraction of sp³-hybridized carbons (Fsp3) is 0.304. The van der Waals surface area contributed by atoms with Gasteiger partial charge in [-0.15, -0.1) is 11.8 Å². The van der Waals surface area contributed by atoms with Crippen molar-refractivity contribution < 1.29 is 19.1 Å². The fourth-order valence-corrected chi connectivity index (χ4v) is 3.30. The van der Waals surface area contributed by atoms with Crippen LogP contribution in [-0.2, 0) is 14.3 Å². The van der Waals surface area contributed by atoms with E-state index in [0.29, 0.717) is 21.7 Å². The minimum atomic E-state index is -0.606. The Balaban J connectivity index is 2.06. The first-order chi connectivity index (χ1) is 14.1. The van der Waals surface area contributed by atoms with Gasteiger partial charge < -0.3 is 10.1 Å². The Morgan fingerprint density at radius 1 is 1.13 bits per heavy atom. The van der Waals surface area contributed by atoms with Gasteiger partial charge in [0.05, 0.1) is 22.4 Å². The Kier molecular flexibility index (Phi) is 7.79. The largest absolute Gasteiger partial charge is 0.454 e. The van der Waals surface area contributed by atoms with Crippen molar-refractivity contribution in [1.82, 2.24) is 0 Å². The molecular formula is C23H24N2O4S. The fourth-order valence-electron chi connectivity index (χ4n) is 2.32. The average molecular weight is 425 g/mol. The number of benzene rings is 2. The van der Waals surface area contributed by atoms with Crippen molar-refractivity contribution in [1.29, 1.82) is 5.26 Å². The summed E-state index contributed by atoms with van der Waals surface area (Å²) in [6, 6.07) is 15.5. The summed E-state index contributed by atoms with van der Waals surface area (Å²) in [5.41, 5.74) is 0.686. The predicted octanol–water partition coefficient (Wildman–Crippen LogP) is 4.45. The zero-order valence-corrected chi connectivity index (χ0v) is 18.2. The van der Waals surface area contributed by atoms with Crippen LogP contribution in [0.15, 0.2) is 53.4 Å². The van der Waals surface area contributed by atoms with Crippen molar-refractivity contribution in [3.05, 3.63) is 59.7 Å². The second-order valence-electron chi connectivity index (χ2n) is 7.69. The van der Waals surface area contributed by atoms with E-state index in [9.17, 15) is 14.4 Å². The number of ketones is 1. The summed E-state index contributed by atoms with van der Waals surface area (Å²) in [7, 11) is 0. The summed E-state index contributed by atoms with van der Waals surface area (Å²) in [5, 5.41) is 11.2. The highest BCUT2D eigenvalue weighted by molar-refractivity contribution is 8.00. The van der Waals surface area contributed by atoms with E-state index < -0.39 is 16.6 Å². The standard InChI is InChI=1S/C23H24N2O4S/c1-15(21(27)25-17-9-7-8-16(12-17)13-24)30-19-11-6-5-10-18(19)22(28)29-14-20(26)23(2,3)4/h5-12,15H,14H2,1-4H3,(H,25,27)/t15-/m0/s1. The number of anilines is 1. The molecule has 2 aromatic rings. The number of nitriles is 1. The van der Waals surface area contributed by atoms with Crippen molar-refractivity contribution in [2.45, 2.75) is 37.8 Å². The third-order valence-corrected chi connectivity index (χ3v) is 5.39. The molecule has 0 radical (unpaired) electrons. The van der Waals surface area contributed by atoms with E-state index in [4.69, 9.17) is 10.00 Å². The number of nitrogens with zero attached hydrogens (tertiary/aromatic N) is 1. The van der Waals surface area contributed by atoms with Gasteiger partial charge in [0, 0.05) is 16.0 Å². The van der Waals surface area contributed by atoms with E-state index in [1.54, 1.807) is 76.2 Å². The van der Waals surface area contributed by atoms with E-state index in [-0.39, 0.29) is 18.3 Å². The number of carbonyl (C=O) groups excluding carboxylic acids is 3. The molecule has 0 saturated carbocycles. The third kappa shape index (κ3) is 6.46. The molecule has 0 aliphatic heterocycles. The van der Waals surface area contributed by atoms with E-state index in [1.165, 1.54) is 11.8 Å². The summed E-state index contributed by atoms with van der Waals surface area (Å²) in [4.78, 5) is 37.6. The van der Waals surface area contributed by atoms with Crippen LogP contribution in [0.2, 0.25) is 0 Å². The second-order valence-corrected chi connectivity index (χ2v) is 9.07. The number of ether oxygens (including phenoxy) is 1. The maximum absolute atomic E-state index is 12.5. The first-order valence-electron chi connectivity index (χ1n) is 9.39.